The average molecular weight is 292 g/mol. The molecule has 7 nitrogen and oxygen atoms in total. The first-order valence-electron chi connectivity index (χ1n) is 5.64. The lowest BCUT2D eigenvalue weighted by Crippen LogP contribution is -2.50. The van der Waals surface area contributed by atoms with Crippen molar-refractivity contribution in [3.8, 4) is 0 Å². The third-order valence-corrected chi connectivity index (χ3v) is 2.78. The van der Waals surface area contributed by atoms with Gasteiger partial charge in [-0.2, -0.15) is 18.1 Å². The predicted molar refractivity (Wildman–Crippen MR) is 60.5 cm³/mol. The largest absolute Gasteiger partial charge is 0.419 e. The minimum absolute atomic E-state index is 0.130. The Morgan fingerprint density at radius 2 is 2.25 bits per heavy atom. The fourth-order valence-electron chi connectivity index (χ4n) is 1.82. The zero-order valence-corrected chi connectivity index (χ0v) is 10.2. The van der Waals surface area contributed by atoms with Gasteiger partial charge in [0.2, 0.25) is 0 Å². The summed E-state index contributed by atoms with van der Waals surface area (Å²) < 4.78 is 38.3. The molecule has 2 heterocycles. The molecule has 0 aromatic carbocycles. The van der Waals surface area contributed by atoms with E-state index in [1.807, 2.05) is 5.32 Å². The molecule has 0 spiro atoms. The number of nitrogens with zero attached hydrogens (tertiary/aromatic N) is 3. The number of hydrogen-bond acceptors (Lipinski definition) is 5. The van der Waals surface area contributed by atoms with Gasteiger partial charge in [-0.05, 0) is 6.42 Å². The molecule has 1 saturated heterocycles. The van der Waals surface area contributed by atoms with Gasteiger partial charge in [0.05, 0.1) is 5.57 Å². The van der Waals surface area contributed by atoms with Crippen molar-refractivity contribution in [2.24, 2.45) is 5.18 Å². The van der Waals surface area contributed by atoms with E-state index in [9.17, 15) is 22.9 Å². The Morgan fingerprint density at radius 1 is 1.55 bits per heavy atom. The third-order valence-electron chi connectivity index (χ3n) is 2.78. The van der Waals surface area contributed by atoms with Crippen LogP contribution in [0.3, 0.4) is 0 Å². The van der Waals surface area contributed by atoms with Crippen molar-refractivity contribution < 1.29 is 22.8 Å². The van der Waals surface area contributed by atoms with Crippen molar-refractivity contribution in [1.29, 1.82) is 0 Å². The quantitative estimate of drug-likeness (QED) is 0.803. The van der Waals surface area contributed by atoms with Gasteiger partial charge in [-0.15, -0.1) is 0 Å². The molecule has 1 fully saturated rings. The molecule has 110 valence electrons. The second-order valence-corrected chi connectivity index (χ2v) is 4.20. The summed E-state index contributed by atoms with van der Waals surface area (Å²) in [6.07, 6.45) is -4.20. The number of allylic oxidation sites excluding steroid dienone is 1. The Hall–Kier alpha value is -1.94. The lowest BCUT2D eigenvalue weighted by atomic mass is 10.2. The summed E-state index contributed by atoms with van der Waals surface area (Å²) in [6, 6.07) is -0.817. The van der Waals surface area contributed by atoms with Gasteiger partial charge >= 0.3 is 12.2 Å². The molecule has 0 aromatic heterocycles. The molecule has 20 heavy (non-hydrogen) atoms. The van der Waals surface area contributed by atoms with E-state index in [0.29, 0.717) is 17.6 Å². The van der Waals surface area contributed by atoms with Crippen LogP contribution in [-0.2, 0) is 4.84 Å². The van der Waals surface area contributed by atoms with Crippen molar-refractivity contribution in [1.82, 2.24) is 15.5 Å². The van der Waals surface area contributed by atoms with Crippen LogP contribution in [0.5, 0.6) is 0 Å². The molecule has 2 aliphatic rings. The van der Waals surface area contributed by atoms with Gasteiger partial charge in [-0.1, -0.05) is 16.9 Å². The van der Waals surface area contributed by atoms with Gasteiger partial charge in [-0.25, -0.2) is 9.80 Å². The Kier molecular flexibility index (Phi) is 3.77. The topological polar surface area (TPSA) is 74.2 Å². The summed E-state index contributed by atoms with van der Waals surface area (Å²) in [6.45, 7) is 3.19. The molecule has 10 heteroatoms. The monoisotopic (exact) mass is 292 g/mol. The van der Waals surface area contributed by atoms with Crippen LogP contribution in [0.15, 0.2) is 29.2 Å². The van der Waals surface area contributed by atoms with Crippen LogP contribution in [0.1, 0.15) is 6.42 Å². The summed E-state index contributed by atoms with van der Waals surface area (Å²) >= 11 is 0. The van der Waals surface area contributed by atoms with Crippen molar-refractivity contribution in [3.63, 3.8) is 0 Å². The zero-order chi connectivity index (χ0) is 14.9. The maximum Gasteiger partial charge on any atom is 0.419 e. The number of carbonyl (C=O) groups excluding carboxylic acids is 1. The number of hydroxylamine groups is 1. The molecular formula is C10H11F3N4O3. The summed E-state index contributed by atoms with van der Waals surface area (Å²) in [5.74, 6) is 0. The van der Waals surface area contributed by atoms with Crippen LogP contribution in [-0.4, -0.2) is 41.6 Å². The molecule has 1 atom stereocenters. The van der Waals surface area contributed by atoms with E-state index < -0.39 is 29.6 Å². The van der Waals surface area contributed by atoms with Crippen LogP contribution in [0.4, 0.5) is 18.0 Å². The standard InChI is InChI=1S/C10H11F3N4O3/c1-6-8(10(11,12)13)5-16(9(18)15-6)17-3-2-7(20-17)4-14-19/h5,7H,1-4H2,(H,15,18)/t7-/m0/s1. The van der Waals surface area contributed by atoms with Crippen molar-refractivity contribution >= 4 is 6.03 Å². The fourth-order valence-corrected chi connectivity index (χ4v) is 1.82. The molecule has 0 saturated carbocycles. The highest BCUT2D eigenvalue weighted by molar-refractivity contribution is 5.79. The molecule has 0 radical (unpaired) electrons. The van der Waals surface area contributed by atoms with Crippen molar-refractivity contribution in [2.45, 2.75) is 18.7 Å². The van der Waals surface area contributed by atoms with E-state index in [1.54, 1.807) is 0 Å². The molecule has 2 amide bonds. The van der Waals surface area contributed by atoms with Gasteiger partial charge in [0, 0.05) is 18.4 Å². The van der Waals surface area contributed by atoms with Crippen molar-refractivity contribution in [2.75, 3.05) is 13.1 Å². The second-order valence-electron chi connectivity index (χ2n) is 4.20. The SMILES string of the molecule is C=C1NC(=O)N(N2CC[C@@H](CN=O)O2)C=C1C(F)(F)F. The number of nitroso groups, excluding NO2 is 1. The van der Waals surface area contributed by atoms with Gasteiger partial charge in [-0.3, -0.25) is 4.84 Å². The number of amides is 2. The number of alkyl halides is 3. The van der Waals surface area contributed by atoms with E-state index >= 15 is 0 Å². The first-order valence-corrected chi connectivity index (χ1v) is 5.64. The smallest absolute Gasteiger partial charge is 0.306 e. The normalized spacial score (nSPS) is 24.6. The molecule has 2 aliphatic heterocycles. The molecule has 2 rings (SSSR count). The number of hydrazine groups is 1. The maximum absolute atomic E-state index is 12.8. The lowest BCUT2D eigenvalue weighted by molar-refractivity contribution is -0.231. The van der Waals surface area contributed by atoms with Crippen LogP contribution in [0.2, 0.25) is 0 Å². The molecule has 0 bridgehead atoms. The molecule has 0 unspecified atom stereocenters. The number of halogens is 3. The number of rotatable bonds is 3. The Bertz CT molecular complexity index is 477. The highest BCUT2D eigenvalue weighted by Gasteiger charge is 2.42. The Balaban J connectivity index is 2.18. The first kappa shape index (κ1) is 14.5. The Labute approximate surface area is 111 Å². The van der Waals surface area contributed by atoms with Crippen LogP contribution in [0.25, 0.3) is 0 Å². The van der Waals surface area contributed by atoms with Crippen molar-refractivity contribution in [3.05, 3.63) is 29.0 Å². The number of carbonyl (C=O) groups is 1. The van der Waals surface area contributed by atoms with E-state index in [-0.39, 0.29) is 13.1 Å². The predicted octanol–water partition coefficient (Wildman–Crippen LogP) is 1.66. The average Bonchev–Trinajstić information content (AvgIpc) is 2.76. The summed E-state index contributed by atoms with van der Waals surface area (Å²) in [5.41, 5.74) is -1.60. The Morgan fingerprint density at radius 3 is 2.85 bits per heavy atom. The number of hydrogen-bond donors (Lipinski definition) is 1. The summed E-state index contributed by atoms with van der Waals surface area (Å²) in [7, 11) is 0. The molecular weight excluding hydrogens is 281 g/mol. The van der Waals surface area contributed by atoms with E-state index in [1.165, 1.54) is 0 Å². The third kappa shape index (κ3) is 2.80. The fraction of sp³-hybridized carbons (Fsp3) is 0.500. The maximum atomic E-state index is 12.8. The van der Waals surface area contributed by atoms with Crippen LogP contribution >= 0.6 is 0 Å². The summed E-state index contributed by atoms with van der Waals surface area (Å²) in [5, 5.41) is 6.29. The minimum Gasteiger partial charge on any atom is -0.306 e. The molecule has 0 aliphatic carbocycles. The van der Waals surface area contributed by atoms with Gasteiger partial charge < -0.3 is 5.32 Å². The molecule has 1 N–H and O–H groups in total. The first-order chi connectivity index (χ1) is 9.32. The van der Waals surface area contributed by atoms with Crippen LogP contribution in [0, 0.1) is 4.91 Å². The zero-order valence-electron chi connectivity index (χ0n) is 10.2. The molecule has 0 aromatic rings. The number of urea groups is 1. The highest BCUT2D eigenvalue weighted by atomic mass is 19.4. The van der Waals surface area contributed by atoms with E-state index in [0.717, 1.165) is 5.17 Å². The lowest BCUT2D eigenvalue weighted by Gasteiger charge is -2.32. The van der Waals surface area contributed by atoms with Crippen LogP contribution < -0.4 is 5.32 Å². The minimum atomic E-state index is -4.65. The number of nitrogens with one attached hydrogen (secondary N) is 1. The second kappa shape index (κ2) is 5.21. The summed E-state index contributed by atoms with van der Waals surface area (Å²) in [4.78, 5) is 27.0. The highest BCUT2D eigenvalue weighted by Crippen LogP contribution is 2.32. The van der Waals surface area contributed by atoms with E-state index in [2.05, 4.69) is 11.8 Å². The van der Waals surface area contributed by atoms with Gasteiger partial charge in [0.1, 0.15) is 12.6 Å². The van der Waals surface area contributed by atoms with Gasteiger partial charge in [0.15, 0.2) is 0 Å². The van der Waals surface area contributed by atoms with Gasteiger partial charge in [0.25, 0.3) is 0 Å². The van der Waals surface area contributed by atoms with E-state index in [4.69, 9.17) is 4.84 Å².